The standard InChI is InChI=1S/C18H25NO/c1-2-6-17-14(5-1)11-15(17)13-19-16-7-10-20-18(12-16)8-3-4-9-18/h1-2,5-6,15-16,19H,3-4,7-13H2. The summed E-state index contributed by atoms with van der Waals surface area (Å²) in [6, 6.07) is 9.58. The quantitative estimate of drug-likeness (QED) is 0.909. The lowest BCUT2D eigenvalue weighted by Gasteiger charge is -2.40. The van der Waals surface area contributed by atoms with Crippen molar-refractivity contribution in [2.75, 3.05) is 13.2 Å². The second kappa shape index (κ2) is 5.16. The fourth-order valence-corrected chi connectivity index (χ4v) is 4.42. The topological polar surface area (TPSA) is 21.3 Å². The highest BCUT2D eigenvalue weighted by Crippen LogP contribution is 2.40. The van der Waals surface area contributed by atoms with Crippen LogP contribution in [0.15, 0.2) is 24.3 Å². The molecule has 1 spiro atoms. The van der Waals surface area contributed by atoms with E-state index in [4.69, 9.17) is 4.74 Å². The van der Waals surface area contributed by atoms with Gasteiger partial charge >= 0.3 is 0 Å². The van der Waals surface area contributed by atoms with Crippen LogP contribution in [-0.2, 0) is 11.2 Å². The summed E-state index contributed by atoms with van der Waals surface area (Å²) in [4.78, 5) is 0. The molecule has 0 aromatic heterocycles. The molecule has 2 nitrogen and oxygen atoms in total. The van der Waals surface area contributed by atoms with Gasteiger partial charge in [-0.1, -0.05) is 37.1 Å². The lowest BCUT2D eigenvalue weighted by atomic mass is 9.77. The van der Waals surface area contributed by atoms with Crippen molar-refractivity contribution < 1.29 is 4.74 Å². The molecule has 1 aromatic carbocycles. The third kappa shape index (κ3) is 2.29. The van der Waals surface area contributed by atoms with E-state index in [0.29, 0.717) is 6.04 Å². The molecule has 2 heteroatoms. The Morgan fingerprint density at radius 1 is 1.20 bits per heavy atom. The first-order valence-corrected chi connectivity index (χ1v) is 8.30. The van der Waals surface area contributed by atoms with Crippen LogP contribution < -0.4 is 5.32 Å². The summed E-state index contributed by atoms with van der Waals surface area (Å²) in [6.07, 6.45) is 9.00. The highest BCUT2D eigenvalue weighted by atomic mass is 16.5. The molecule has 108 valence electrons. The number of ether oxygens (including phenoxy) is 1. The molecule has 2 fully saturated rings. The Balaban J connectivity index is 1.32. The molecule has 1 aliphatic heterocycles. The SMILES string of the molecule is c1ccc2c(c1)CC2CNC1CCOC2(CCCC2)C1. The maximum absolute atomic E-state index is 6.12. The summed E-state index contributed by atoms with van der Waals surface area (Å²) in [5.41, 5.74) is 3.37. The minimum atomic E-state index is 0.243. The highest BCUT2D eigenvalue weighted by Gasteiger charge is 2.40. The number of hydrogen-bond acceptors (Lipinski definition) is 2. The summed E-state index contributed by atoms with van der Waals surface area (Å²) >= 11 is 0. The van der Waals surface area contributed by atoms with Crippen molar-refractivity contribution in [2.24, 2.45) is 0 Å². The van der Waals surface area contributed by atoms with Crippen LogP contribution in [0.1, 0.15) is 55.6 Å². The van der Waals surface area contributed by atoms with E-state index in [-0.39, 0.29) is 5.60 Å². The summed E-state index contributed by atoms with van der Waals surface area (Å²) in [7, 11) is 0. The predicted molar refractivity (Wildman–Crippen MR) is 81.1 cm³/mol. The fourth-order valence-electron chi connectivity index (χ4n) is 4.42. The molecule has 1 aromatic rings. The van der Waals surface area contributed by atoms with Crippen molar-refractivity contribution in [2.45, 2.75) is 62.5 Å². The van der Waals surface area contributed by atoms with Gasteiger partial charge in [0.15, 0.2) is 0 Å². The Morgan fingerprint density at radius 2 is 2.05 bits per heavy atom. The number of fused-ring (bicyclic) bond motifs is 1. The van der Waals surface area contributed by atoms with Crippen LogP contribution in [0.5, 0.6) is 0 Å². The van der Waals surface area contributed by atoms with Gasteiger partial charge in [0.2, 0.25) is 0 Å². The van der Waals surface area contributed by atoms with E-state index in [1.807, 2.05) is 0 Å². The molecule has 2 atom stereocenters. The Hall–Kier alpha value is -0.860. The molecular weight excluding hydrogens is 246 g/mol. The summed E-state index contributed by atoms with van der Waals surface area (Å²) in [6.45, 7) is 2.11. The molecule has 1 saturated carbocycles. The molecule has 0 bridgehead atoms. The van der Waals surface area contributed by atoms with E-state index in [0.717, 1.165) is 19.1 Å². The average molecular weight is 271 g/mol. The normalized spacial score (nSPS) is 31.0. The number of rotatable bonds is 3. The Kier molecular flexibility index (Phi) is 3.31. The molecule has 0 radical (unpaired) electrons. The molecule has 20 heavy (non-hydrogen) atoms. The van der Waals surface area contributed by atoms with E-state index in [2.05, 4.69) is 29.6 Å². The van der Waals surface area contributed by atoms with E-state index in [1.54, 1.807) is 11.1 Å². The second-order valence-electron chi connectivity index (χ2n) is 6.94. The van der Waals surface area contributed by atoms with E-state index in [1.165, 1.54) is 44.9 Å². The molecule has 4 rings (SSSR count). The molecule has 1 heterocycles. The molecule has 3 aliphatic rings. The van der Waals surface area contributed by atoms with Crippen LogP contribution in [-0.4, -0.2) is 24.8 Å². The summed E-state index contributed by atoms with van der Waals surface area (Å²) in [5, 5.41) is 3.84. The van der Waals surface area contributed by atoms with Gasteiger partial charge in [-0.05, 0) is 43.2 Å². The largest absolute Gasteiger partial charge is 0.375 e. The highest BCUT2D eigenvalue weighted by molar-refractivity contribution is 5.40. The van der Waals surface area contributed by atoms with E-state index in [9.17, 15) is 0 Å². The van der Waals surface area contributed by atoms with E-state index >= 15 is 0 Å². The minimum absolute atomic E-state index is 0.243. The first kappa shape index (κ1) is 12.8. The van der Waals surface area contributed by atoms with Crippen LogP contribution in [0.4, 0.5) is 0 Å². The third-order valence-corrected chi connectivity index (χ3v) is 5.62. The average Bonchev–Trinajstić information content (AvgIpc) is 2.88. The van der Waals surface area contributed by atoms with Gasteiger partial charge < -0.3 is 10.1 Å². The monoisotopic (exact) mass is 271 g/mol. The van der Waals surface area contributed by atoms with Crippen LogP contribution in [0, 0.1) is 0 Å². The summed E-state index contributed by atoms with van der Waals surface area (Å²) in [5.74, 6) is 0.744. The Morgan fingerprint density at radius 3 is 2.90 bits per heavy atom. The van der Waals surface area contributed by atoms with Gasteiger partial charge in [0.25, 0.3) is 0 Å². The van der Waals surface area contributed by atoms with Crippen molar-refractivity contribution in [1.82, 2.24) is 5.32 Å². The van der Waals surface area contributed by atoms with Crippen molar-refractivity contribution in [1.29, 1.82) is 0 Å². The van der Waals surface area contributed by atoms with Crippen LogP contribution in [0.2, 0.25) is 0 Å². The molecule has 0 amide bonds. The van der Waals surface area contributed by atoms with Crippen molar-refractivity contribution in [3.63, 3.8) is 0 Å². The molecular formula is C18H25NO. The van der Waals surface area contributed by atoms with Crippen LogP contribution in [0.25, 0.3) is 0 Å². The van der Waals surface area contributed by atoms with Gasteiger partial charge in [0.1, 0.15) is 0 Å². The predicted octanol–water partition coefficient (Wildman–Crippen LogP) is 3.41. The van der Waals surface area contributed by atoms with Crippen LogP contribution in [0.3, 0.4) is 0 Å². The third-order valence-electron chi connectivity index (χ3n) is 5.62. The number of nitrogens with one attached hydrogen (secondary N) is 1. The minimum Gasteiger partial charge on any atom is -0.375 e. The zero-order valence-corrected chi connectivity index (χ0v) is 12.2. The van der Waals surface area contributed by atoms with Gasteiger partial charge in [-0.3, -0.25) is 0 Å². The van der Waals surface area contributed by atoms with Gasteiger partial charge in [-0.15, -0.1) is 0 Å². The number of hydrogen-bond donors (Lipinski definition) is 1. The van der Waals surface area contributed by atoms with Crippen molar-refractivity contribution in [3.05, 3.63) is 35.4 Å². The zero-order valence-electron chi connectivity index (χ0n) is 12.2. The number of benzene rings is 1. The maximum Gasteiger partial charge on any atom is 0.0697 e. The molecule has 1 N–H and O–H groups in total. The Labute approximate surface area is 121 Å². The lowest BCUT2D eigenvalue weighted by Crippen LogP contribution is -2.47. The Bertz CT molecular complexity index is 478. The van der Waals surface area contributed by atoms with Gasteiger partial charge in [-0.2, -0.15) is 0 Å². The van der Waals surface area contributed by atoms with Crippen molar-refractivity contribution >= 4 is 0 Å². The second-order valence-corrected chi connectivity index (χ2v) is 6.94. The van der Waals surface area contributed by atoms with Gasteiger partial charge in [-0.25, -0.2) is 0 Å². The molecule has 2 aliphatic carbocycles. The summed E-state index contributed by atoms with van der Waals surface area (Å²) < 4.78 is 6.12. The zero-order chi connectivity index (χ0) is 13.4. The lowest BCUT2D eigenvalue weighted by molar-refractivity contribution is -0.0837. The smallest absolute Gasteiger partial charge is 0.0697 e. The van der Waals surface area contributed by atoms with Gasteiger partial charge in [0.05, 0.1) is 5.60 Å². The van der Waals surface area contributed by atoms with Crippen LogP contribution >= 0.6 is 0 Å². The van der Waals surface area contributed by atoms with Gasteiger partial charge in [0, 0.05) is 25.1 Å². The first-order valence-electron chi connectivity index (χ1n) is 8.30. The van der Waals surface area contributed by atoms with E-state index < -0.39 is 0 Å². The molecule has 2 unspecified atom stereocenters. The fraction of sp³-hybridized carbons (Fsp3) is 0.667. The maximum atomic E-state index is 6.12. The first-order chi connectivity index (χ1) is 9.85. The molecule has 1 saturated heterocycles. The van der Waals surface area contributed by atoms with Crippen molar-refractivity contribution in [3.8, 4) is 0 Å².